The molecule has 5 N–H and O–H groups in total. The molecule has 0 unspecified atom stereocenters. The lowest BCUT2D eigenvalue weighted by molar-refractivity contribution is -0.274. The van der Waals surface area contributed by atoms with Crippen molar-refractivity contribution in [1.29, 1.82) is 0 Å². The topological polar surface area (TPSA) is 122 Å². The number of benzene rings is 2. The summed E-state index contributed by atoms with van der Waals surface area (Å²) in [5.41, 5.74) is 10.0. The van der Waals surface area contributed by atoms with Gasteiger partial charge in [0.15, 0.2) is 0 Å². The molecule has 8 nitrogen and oxygen atoms in total. The maximum Gasteiger partial charge on any atom is 0.573 e. The second kappa shape index (κ2) is 11.0. The number of carboxylic acid groups (broad SMARTS) is 1. The highest BCUT2D eigenvalue weighted by Gasteiger charge is 2.38. The van der Waals surface area contributed by atoms with Crippen molar-refractivity contribution in [3.05, 3.63) is 66.5 Å². The minimum Gasteiger partial charge on any atom is -0.475 e. The monoisotopic (exact) mass is 568 g/mol. The van der Waals surface area contributed by atoms with Crippen molar-refractivity contribution < 1.29 is 45.8 Å². The van der Waals surface area contributed by atoms with Crippen LogP contribution in [0, 0.1) is 0 Å². The Kier molecular flexibility index (Phi) is 7.82. The molecule has 3 heterocycles. The van der Waals surface area contributed by atoms with Gasteiger partial charge in [-0.25, -0.2) is 4.79 Å². The van der Waals surface area contributed by atoms with Crippen LogP contribution in [0.2, 0.25) is 0 Å². The first-order valence-corrected chi connectivity index (χ1v) is 11.8. The Hall–Kier alpha value is -4.46. The van der Waals surface area contributed by atoms with Gasteiger partial charge in [-0.1, -0.05) is 18.2 Å². The Balaban J connectivity index is 0.000000470. The molecule has 0 fully saturated rings. The van der Waals surface area contributed by atoms with Crippen molar-refractivity contribution in [2.45, 2.75) is 25.0 Å². The molecule has 1 aliphatic rings. The van der Waals surface area contributed by atoms with Crippen LogP contribution in [0.3, 0.4) is 0 Å². The number of amides is 1. The number of carboxylic acids is 1. The highest BCUT2D eigenvalue weighted by molar-refractivity contribution is 5.99. The number of halogens is 6. The summed E-state index contributed by atoms with van der Waals surface area (Å²) in [6.45, 7) is 0.854. The largest absolute Gasteiger partial charge is 0.573 e. The van der Waals surface area contributed by atoms with Gasteiger partial charge in [0.25, 0.3) is 5.91 Å². The first-order valence-electron chi connectivity index (χ1n) is 11.8. The van der Waals surface area contributed by atoms with Crippen LogP contribution >= 0.6 is 0 Å². The Morgan fingerprint density at radius 1 is 1.05 bits per heavy atom. The smallest absolute Gasteiger partial charge is 0.475 e. The fourth-order valence-electron chi connectivity index (χ4n) is 4.47. The molecule has 1 aliphatic heterocycles. The van der Waals surface area contributed by atoms with E-state index in [4.69, 9.17) is 15.6 Å². The number of hydrogen-bond acceptors (Lipinski definition) is 4. The molecule has 4 aromatic rings. The first-order chi connectivity index (χ1) is 18.8. The molecule has 0 bridgehead atoms. The Bertz CT molecular complexity index is 1540. The highest BCUT2D eigenvalue weighted by atomic mass is 19.4. The van der Waals surface area contributed by atoms with Crippen molar-refractivity contribution >= 4 is 22.8 Å². The van der Waals surface area contributed by atoms with Gasteiger partial charge in [-0.3, -0.25) is 4.79 Å². The number of fused-ring (bicyclic) bond motifs is 2. The number of nitrogens with zero attached hydrogens (tertiary/aromatic N) is 1. The number of alkyl halides is 6. The van der Waals surface area contributed by atoms with Gasteiger partial charge in [0.05, 0.1) is 11.7 Å². The predicted molar refractivity (Wildman–Crippen MR) is 133 cm³/mol. The molecule has 0 aliphatic carbocycles. The van der Waals surface area contributed by atoms with Gasteiger partial charge in [0, 0.05) is 29.2 Å². The van der Waals surface area contributed by atoms with E-state index in [2.05, 4.69) is 15.0 Å². The lowest BCUT2D eigenvalue weighted by atomic mass is 9.99. The summed E-state index contributed by atoms with van der Waals surface area (Å²) in [5, 5.41) is 11.0. The number of aromatic amines is 1. The third-order valence-corrected chi connectivity index (χ3v) is 6.08. The van der Waals surface area contributed by atoms with E-state index in [1.807, 2.05) is 35.0 Å². The number of aliphatic carboxylic acids is 1. The van der Waals surface area contributed by atoms with E-state index in [1.54, 1.807) is 12.1 Å². The molecular weight excluding hydrogens is 546 g/mol. The maximum atomic E-state index is 12.8. The number of nitrogens with one attached hydrogen (secondary N) is 2. The number of rotatable bonds is 5. The van der Waals surface area contributed by atoms with Crippen LogP contribution in [0.25, 0.3) is 33.3 Å². The van der Waals surface area contributed by atoms with Gasteiger partial charge in [-0.05, 0) is 60.5 Å². The number of hydrogen-bond donors (Lipinski definition) is 4. The average Bonchev–Trinajstić information content (AvgIpc) is 3.50. The summed E-state index contributed by atoms with van der Waals surface area (Å²) in [4.78, 5) is 24.8. The highest BCUT2D eigenvalue weighted by Crippen LogP contribution is 2.41. The van der Waals surface area contributed by atoms with Gasteiger partial charge in [0.2, 0.25) is 0 Å². The molecule has 1 amide bonds. The molecule has 1 atom stereocenters. The van der Waals surface area contributed by atoms with Crippen molar-refractivity contribution in [3.63, 3.8) is 0 Å². The van der Waals surface area contributed by atoms with E-state index in [-0.39, 0.29) is 17.7 Å². The average molecular weight is 568 g/mol. The number of ether oxygens (including phenoxy) is 1. The second-order valence-electron chi connectivity index (χ2n) is 8.76. The van der Waals surface area contributed by atoms with E-state index >= 15 is 0 Å². The van der Waals surface area contributed by atoms with E-state index in [1.165, 1.54) is 18.2 Å². The van der Waals surface area contributed by atoms with Gasteiger partial charge in [-0.2, -0.15) is 13.2 Å². The molecule has 14 heteroatoms. The number of carbonyl (C=O) groups is 2. The zero-order chi connectivity index (χ0) is 29.2. The fraction of sp³-hybridized carbons (Fsp3) is 0.231. The van der Waals surface area contributed by atoms with Crippen LogP contribution < -0.4 is 15.8 Å². The second-order valence-corrected chi connectivity index (χ2v) is 8.76. The molecule has 2 aromatic heterocycles. The summed E-state index contributed by atoms with van der Waals surface area (Å²) in [6.07, 6.45) is -7.41. The molecule has 2 aromatic carbocycles. The summed E-state index contributed by atoms with van der Waals surface area (Å²) in [5.74, 6) is -3.31. The lowest BCUT2D eigenvalue weighted by Crippen LogP contribution is -2.39. The fourth-order valence-corrected chi connectivity index (χ4v) is 4.47. The zero-order valence-corrected chi connectivity index (χ0v) is 20.4. The van der Waals surface area contributed by atoms with Gasteiger partial charge in [0.1, 0.15) is 11.4 Å². The van der Waals surface area contributed by atoms with Crippen molar-refractivity contribution in [1.82, 2.24) is 14.9 Å². The van der Waals surface area contributed by atoms with E-state index < -0.39 is 18.5 Å². The number of carbonyl (C=O) groups excluding carboxylic acids is 1. The molecule has 212 valence electrons. The maximum absolute atomic E-state index is 12.8. The zero-order valence-electron chi connectivity index (χ0n) is 20.4. The summed E-state index contributed by atoms with van der Waals surface area (Å²) >= 11 is 0. The molecule has 0 spiro atoms. The standard InChI is InChI=1S/C24H21F3N4O2.C2HF3O2/c25-24(26,27)33-18-3-1-2-14(11-18)19-12-21-23(32)30-13-17(6-8-28)31(21)22(19)16-4-5-20-15(10-16)7-9-29-20;3-2(4,5)1(6)7/h1-5,7,9-12,17,29H,6,8,13,28H2,(H,30,32);(H,6,7)/t17-;/m0./s1. The number of nitrogens with two attached hydrogens (primary N) is 1. The Morgan fingerprint density at radius 3 is 2.42 bits per heavy atom. The predicted octanol–water partition coefficient (Wildman–Crippen LogP) is 5.47. The van der Waals surface area contributed by atoms with E-state index in [0.29, 0.717) is 36.3 Å². The van der Waals surface area contributed by atoms with Gasteiger partial charge >= 0.3 is 18.5 Å². The van der Waals surface area contributed by atoms with Crippen LogP contribution in [-0.4, -0.2) is 52.2 Å². The van der Waals surface area contributed by atoms with E-state index in [0.717, 1.165) is 22.2 Å². The SMILES string of the molecule is NCC[C@H]1CNC(=O)c2cc(-c3cccc(OC(F)(F)F)c3)c(-c3ccc4[nH]ccc4c3)n21.O=C(O)C(F)(F)F. The van der Waals surface area contributed by atoms with Crippen LogP contribution in [0.1, 0.15) is 23.0 Å². The van der Waals surface area contributed by atoms with Crippen molar-refractivity contribution in [3.8, 4) is 28.1 Å². The summed E-state index contributed by atoms with van der Waals surface area (Å²) < 4.78 is 76.3. The molecule has 0 radical (unpaired) electrons. The minimum absolute atomic E-state index is 0.0806. The van der Waals surface area contributed by atoms with Crippen molar-refractivity contribution in [2.24, 2.45) is 5.73 Å². The summed E-state index contributed by atoms with van der Waals surface area (Å²) in [6, 6.07) is 15.3. The quantitative estimate of drug-likeness (QED) is 0.238. The minimum atomic E-state index is -5.08. The Labute approximate surface area is 222 Å². The molecular formula is C26H22F6N4O4. The van der Waals surface area contributed by atoms with Crippen molar-refractivity contribution in [2.75, 3.05) is 13.1 Å². The first kappa shape index (κ1) is 28.5. The molecule has 40 heavy (non-hydrogen) atoms. The Morgan fingerprint density at radius 2 is 1.77 bits per heavy atom. The molecule has 0 saturated carbocycles. The van der Waals surface area contributed by atoms with E-state index in [9.17, 15) is 31.1 Å². The third-order valence-electron chi connectivity index (χ3n) is 6.08. The van der Waals surface area contributed by atoms with Gasteiger partial charge < -0.3 is 30.4 Å². The van der Waals surface area contributed by atoms with Crippen LogP contribution in [-0.2, 0) is 4.79 Å². The van der Waals surface area contributed by atoms with Crippen LogP contribution in [0.4, 0.5) is 26.3 Å². The van der Waals surface area contributed by atoms with Crippen LogP contribution in [0.5, 0.6) is 5.75 Å². The summed E-state index contributed by atoms with van der Waals surface area (Å²) in [7, 11) is 0. The third kappa shape index (κ3) is 6.22. The molecule has 5 rings (SSSR count). The van der Waals surface area contributed by atoms with Crippen LogP contribution in [0.15, 0.2) is 60.8 Å². The number of aromatic nitrogens is 2. The van der Waals surface area contributed by atoms with Gasteiger partial charge in [-0.15, -0.1) is 13.2 Å². The number of H-pyrrole nitrogens is 1. The lowest BCUT2D eigenvalue weighted by Gasteiger charge is -2.28. The molecule has 0 saturated heterocycles. The normalized spacial score (nSPS) is 15.2.